The second-order valence-corrected chi connectivity index (χ2v) is 5.51. The smallest absolute Gasteiger partial charge is 0.277 e. The molecule has 0 atom stereocenters. The Labute approximate surface area is 128 Å². The van der Waals surface area contributed by atoms with Gasteiger partial charge in [0.15, 0.2) is 0 Å². The number of carbonyl (C=O) groups is 1. The molecule has 0 fully saturated rings. The van der Waals surface area contributed by atoms with Crippen molar-refractivity contribution in [1.82, 2.24) is 5.32 Å². The fourth-order valence-corrected chi connectivity index (χ4v) is 2.36. The molecule has 20 heavy (non-hydrogen) atoms. The SMILES string of the molecule is Cl.NCC(F)(F)CNC(=O)CCCCCc1cccs1. The van der Waals surface area contributed by atoms with Gasteiger partial charge in [-0.2, -0.15) is 0 Å². The molecule has 0 aliphatic heterocycles. The number of nitrogens with one attached hydrogen (secondary N) is 1. The molecule has 0 bridgehead atoms. The lowest BCUT2D eigenvalue weighted by Gasteiger charge is -2.14. The van der Waals surface area contributed by atoms with Gasteiger partial charge in [0.25, 0.3) is 5.92 Å². The van der Waals surface area contributed by atoms with Gasteiger partial charge in [-0.15, -0.1) is 23.7 Å². The zero-order valence-electron chi connectivity index (χ0n) is 11.2. The van der Waals surface area contributed by atoms with Gasteiger partial charge in [-0.1, -0.05) is 12.5 Å². The predicted octanol–water partition coefficient (Wildman–Crippen LogP) is 2.98. The highest BCUT2D eigenvalue weighted by Crippen LogP contribution is 2.13. The van der Waals surface area contributed by atoms with Crippen LogP contribution >= 0.6 is 23.7 Å². The Bertz CT molecular complexity index is 374. The highest BCUT2D eigenvalue weighted by molar-refractivity contribution is 7.09. The summed E-state index contributed by atoms with van der Waals surface area (Å²) < 4.78 is 25.5. The fraction of sp³-hybridized carbons (Fsp3) is 0.615. The van der Waals surface area contributed by atoms with Crippen LogP contribution in [0.1, 0.15) is 30.6 Å². The summed E-state index contributed by atoms with van der Waals surface area (Å²) in [6, 6.07) is 4.11. The molecule has 1 rings (SSSR count). The zero-order valence-corrected chi connectivity index (χ0v) is 12.9. The van der Waals surface area contributed by atoms with Gasteiger partial charge in [-0.3, -0.25) is 4.79 Å². The molecule has 3 nitrogen and oxygen atoms in total. The van der Waals surface area contributed by atoms with Crippen molar-refractivity contribution in [3.05, 3.63) is 22.4 Å². The van der Waals surface area contributed by atoms with E-state index < -0.39 is 19.0 Å². The minimum absolute atomic E-state index is 0. The van der Waals surface area contributed by atoms with Crippen molar-refractivity contribution in [3.8, 4) is 0 Å². The van der Waals surface area contributed by atoms with Crippen LogP contribution in [0, 0.1) is 0 Å². The van der Waals surface area contributed by atoms with E-state index in [2.05, 4.69) is 11.4 Å². The number of hydrogen-bond donors (Lipinski definition) is 2. The van der Waals surface area contributed by atoms with Crippen molar-refractivity contribution in [1.29, 1.82) is 0 Å². The monoisotopic (exact) mass is 326 g/mol. The first-order valence-electron chi connectivity index (χ1n) is 6.40. The Hall–Kier alpha value is -0.720. The molecule has 1 aromatic heterocycles. The molecule has 0 radical (unpaired) electrons. The minimum Gasteiger partial charge on any atom is -0.350 e. The molecule has 7 heteroatoms. The molecule has 0 unspecified atom stereocenters. The summed E-state index contributed by atoms with van der Waals surface area (Å²) in [6.45, 7) is -1.41. The number of halogens is 3. The van der Waals surface area contributed by atoms with Gasteiger partial charge >= 0.3 is 0 Å². The largest absolute Gasteiger partial charge is 0.350 e. The van der Waals surface area contributed by atoms with Crippen molar-refractivity contribution in [2.45, 2.75) is 38.0 Å². The van der Waals surface area contributed by atoms with E-state index in [1.54, 1.807) is 11.3 Å². The van der Waals surface area contributed by atoms with E-state index in [1.165, 1.54) is 4.88 Å². The third-order valence-corrected chi connectivity index (χ3v) is 3.69. The zero-order chi connectivity index (χ0) is 14.1. The van der Waals surface area contributed by atoms with Gasteiger partial charge in [-0.25, -0.2) is 8.78 Å². The molecule has 1 aromatic rings. The Morgan fingerprint density at radius 1 is 1.35 bits per heavy atom. The number of hydrogen-bond acceptors (Lipinski definition) is 3. The Kier molecular flexibility index (Phi) is 9.71. The van der Waals surface area contributed by atoms with E-state index in [9.17, 15) is 13.6 Å². The maximum atomic E-state index is 12.8. The number of carbonyl (C=O) groups excluding carboxylic acids is 1. The molecular weight excluding hydrogens is 306 g/mol. The van der Waals surface area contributed by atoms with Crippen molar-refractivity contribution >= 4 is 29.7 Å². The van der Waals surface area contributed by atoms with Crippen LogP contribution in [0.15, 0.2) is 17.5 Å². The fourth-order valence-electron chi connectivity index (χ4n) is 1.60. The van der Waals surface area contributed by atoms with Crippen LogP contribution in [0.25, 0.3) is 0 Å². The van der Waals surface area contributed by atoms with E-state index in [0.717, 1.165) is 25.7 Å². The topological polar surface area (TPSA) is 55.1 Å². The molecule has 0 saturated carbocycles. The minimum atomic E-state index is -3.01. The molecule has 0 aromatic carbocycles. The average molecular weight is 327 g/mol. The first-order valence-corrected chi connectivity index (χ1v) is 7.28. The van der Waals surface area contributed by atoms with Crippen molar-refractivity contribution in [2.75, 3.05) is 13.1 Å². The summed E-state index contributed by atoms with van der Waals surface area (Å²) in [5.74, 6) is -3.33. The molecule has 0 spiro atoms. The predicted molar refractivity (Wildman–Crippen MR) is 80.8 cm³/mol. The maximum absolute atomic E-state index is 12.8. The first-order chi connectivity index (χ1) is 9.03. The number of aryl methyl sites for hydroxylation is 1. The van der Waals surface area contributed by atoms with E-state index in [4.69, 9.17) is 5.73 Å². The third kappa shape index (κ3) is 8.45. The molecule has 1 heterocycles. The summed E-state index contributed by atoms with van der Waals surface area (Å²) in [7, 11) is 0. The van der Waals surface area contributed by atoms with Crippen LogP contribution in [0.5, 0.6) is 0 Å². The van der Waals surface area contributed by atoms with Crippen molar-refractivity contribution < 1.29 is 13.6 Å². The summed E-state index contributed by atoms with van der Waals surface area (Å²) in [4.78, 5) is 12.7. The summed E-state index contributed by atoms with van der Waals surface area (Å²) in [5.41, 5.74) is 4.88. The normalized spacial score (nSPS) is 10.9. The van der Waals surface area contributed by atoms with Crippen LogP contribution in [-0.4, -0.2) is 24.9 Å². The second kappa shape index (κ2) is 10.1. The molecular formula is C13H21ClF2N2OS. The number of rotatable bonds is 9. The van der Waals surface area contributed by atoms with Gasteiger partial charge in [0.2, 0.25) is 5.91 Å². The van der Waals surface area contributed by atoms with E-state index >= 15 is 0 Å². The Morgan fingerprint density at radius 3 is 2.70 bits per heavy atom. The highest BCUT2D eigenvalue weighted by atomic mass is 35.5. The second-order valence-electron chi connectivity index (χ2n) is 4.48. The van der Waals surface area contributed by atoms with E-state index in [1.807, 2.05) is 11.4 Å². The molecule has 1 amide bonds. The summed E-state index contributed by atoms with van der Waals surface area (Å²) in [6.07, 6.45) is 3.99. The molecule has 0 saturated heterocycles. The number of alkyl halides is 2. The van der Waals surface area contributed by atoms with Gasteiger partial charge in [-0.05, 0) is 30.7 Å². The molecule has 0 aliphatic carbocycles. The van der Waals surface area contributed by atoms with E-state index in [-0.39, 0.29) is 18.3 Å². The number of amides is 1. The van der Waals surface area contributed by atoms with Crippen LogP contribution in [0.4, 0.5) is 8.78 Å². The van der Waals surface area contributed by atoms with Gasteiger partial charge in [0.05, 0.1) is 13.1 Å². The lowest BCUT2D eigenvalue weighted by atomic mass is 10.1. The van der Waals surface area contributed by atoms with Crippen molar-refractivity contribution in [3.63, 3.8) is 0 Å². The highest BCUT2D eigenvalue weighted by Gasteiger charge is 2.26. The maximum Gasteiger partial charge on any atom is 0.277 e. The van der Waals surface area contributed by atoms with Crippen LogP contribution in [0.2, 0.25) is 0 Å². The van der Waals surface area contributed by atoms with Gasteiger partial charge in [0, 0.05) is 11.3 Å². The summed E-state index contributed by atoms with van der Waals surface area (Å²) in [5, 5.41) is 4.25. The lowest BCUT2D eigenvalue weighted by Crippen LogP contribution is -2.41. The molecule has 0 aliphatic rings. The van der Waals surface area contributed by atoms with Crippen LogP contribution in [-0.2, 0) is 11.2 Å². The van der Waals surface area contributed by atoms with Gasteiger partial charge in [0.1, 0.15) is 0 Å². The van der Waals surface area contributed by atoms with Crippen LogP contribution in [0.3, 0.4) is 0 Å². The molecule has 116 valence electrons. The van der Waals surface area contributed by atoms with E-state index in [0.29, 0.717) is 6.42 Å². The van der Waals surface area contributed by atoms with Crippen molar-refractivity contribution in [2.24, 2.45) is 5.73 Å². The molecule has 3 N–H and O–H groups in total. The third-order valence-electron chi connectivity index (χ3n) is 2.75. The quantitative estimate of drug-likeness (QED) is 0.685. The number of nitrogens with two attached hydrogens (primary N) is 1. The average Bonchev–Trinajstić information content (AvgIpc) is 2.89. The number of thiophene rings is 1. The standard InChI is InChI=1S/C13H20F2N2OS.ClH/c14-13(15,9-16)10-17-12(18)7-3-1-2-5-11-6-4-8-19-11;/h4,6,8H,1-3,5,7,9-10,16H2,(H,17,18);1H. The lowest BCUT2D eigenvalue weighted by molar-refractivity contribution is -0.123. The van der Waals surface area contributed by atoms with Crippen LogP contribution < -0.4 is 11.1 Å². The first kappa shape index (κ1) is 19.3. The summed E-state index contributed by atoms with van der Waals surface area (Å²) >= 11 is 1.73. The number of unbranched alkanes of at least 4 members (excludes halogenated alkanes) is 2. The Morgan fingerprint density at radius 2 is 2.10 bits per heavy atom. The Balaban J connectivity index is 0.00000361. The van der Waals surface area contributed by atoms with Gasteiger partial charge < -0.3 is 11.1 Å².